The van der Waals surface area contributed by atoms with Gasteiger partial charge in [-0.1, -0.05) is 71.8 Å². The third-order valence-corrected chi connectivity index (χ3v) is 5.10. The highest BCUT2D eigenvalue weighted by atomic mass is 19.1. The normalized spacial score (nSPS) is 14.1. The monoisotopic (exact) mass is 385 g/mol. The van der Waals surface area contributed by atoms with Crippen LogP contribution in [0.25, 0.3) is 11.1 Å². The molecule has 2 amide bonds. The highest BCUT2D eigenvalue weighted by Crippen LogP contribution is 2.36. The van der Waals surface area contributed by atoms with Crippen molar-refractivity contribution in [1.29, 1.82) is 0 Å². The summed E-state index contributed by atoms with van der Waals surface area (Å²) >= 11 is 0. The van der Waals surface area contributed by atoms with Crippen LogP contribution in [0.1, 0.15) is 27.8 Å². The Balaban J connectivity index is 1.80. The molecule has 0 radical (unpaired) electrons. The van der Waals surface area contributed by atoms with Crippen molar-refractivity contribution in [3.8, 4) is 0 Å². The number of rotatable bonds is 4. The third-order valence-electron chi connectivity index (χ3n) is 5.10. The van der Waals surface area contributed by atoms with Gasteiger partial charge in [0.25, 0.3) is 11.8 Å². The molecule has 0 saturated carbocycles. The number of imide groups is 1. The van der Waals surface area contributed by atoms with Crippen LogP contribution in [-0.2, 0) is 16.1 Å². The molecule has 0 spiro atoms. The number of benzene rings is 3. The summed E-state index contributed by atoms with van der Waals surface area (Å²) < 4.78 is 13.2. The molecule has 3 aromatic rings. The van der Waals surface area contributed by atoms with E-state index in [1.54, 1.807) is 12.1 Å². The predicted octanol–water partition coefficient (Wildman–Crippen LogP) is 4.92. The van der Waals surface area contributed by atoms with Crippen LogP contribution in [0.2, 0.25) is 0 Å². The summed E-state index contributed by atoms with van der Waals surface area (Å²) in [6.45, 7) is 4.05. The van der Waals surface area contributed by atoms with Crippen molar-refractivity contribution in [1.82, 2.24) is 4.90 Å². The summed E-state index contributed by atoms with van der Waals surface area (Å²) in [6.07, 6.45) is 0. The van der Waals surface area contributed by atoms with E-state index >= 15 is 0 Å². The Labute approximate surface area is 169 Å². The van der Waals surface area contributed by atoms with E-state index in [0.29, 0.717) is 27.8 Å². The average molecular weight is 385 g/mol. The van der Waals surface area contributed by atoms with Gasteiger partial charge in [0.2, 0.25) is 0 Å². The Hall–Kier alpha value is -3.53. The van der Waals surface area contributed by atoms with Gasteiger partial charge in [0.15, 0.2) is 0 Å². The maximum atomic E-state index is 13.3. The number of carbonyl (C=O) groups is 2. The lowest BCUT2D eigenvalue weighted by molar-refractivity contribution is -0.136. The SMILES string of the molecule is Cc1ccc(C2=C(c3ccc(C)cc3)C(=O)N(Cc3ccc(F)cc3)C2=O)cc1. The molecule has 4 rings (SSSR count). The number of nitrogens with zero attached hydrogens (tertiary/aromatic N) is 1. The zero-order valence-electron chi connectivity index (χ0n) is 16.3. The molecule has 0 atom stereocenters. The Morgan fingerprint density at radius 1 is 0.655 bits per heavy atom. The van der Waals surface area contributed by atoms with Crippen LogP contribution in [0.3, 0.4) is 0 Å². The molecule has 1 aliphatic rings. The Morgan fingerprint density at radius 3 is 1.48 bits per heavy atom. The fourth-order valence-electron chi connectivity index (χ4n) is 3.47. The number of amides is 2. The van der Waals surface area contributed by atoms with Crippen LogP contribution < -0.4 is 0 Å². The van der Waals surface area contributed by atoms with Gasteiger partial charge in [-0.05, 0) is 42.7 Å². The van der Waals surface area contributed by atoms with Crippen molar-refractivity contribution in [3.63, 3.8) is 0 Å². The predicted molar refractivity (Wildman–Crippen MR) is 111 cm³/mol. The van der Waals surface area contributed by atoms with Crippen LogP contribution in [0.15, 0.2) is 72.8 Å². The molecule has 1 heterocycles. The van der Waals surface area contributed by atoms with Gasteiger partial charge in [-0.2, -0.15) is 0 Å². The molecule has 0 saturated heterocycles. The van der Waals surface area contributed by atoms with Gasteiger partial charge in [-0.3, -0.25) is 14.5 Å². The van der Waals surface area contributed by atoms with Crippen LogP contribution in [0.5, 0.6) is 0 Å². The second kappa shape index (κ2) is 7.47. The van der Waals surface area contributed by atoms with Crippen LogP contribution in [-0.4, -0.2) is 16.7 Å². The van der Waals surface area contributed by atoms with E-state index < -0.39 is 0 Å². The minimum atomic E-state index is -0.355. The van der Waals surface area contributed by atoms with Crippen molar-refractivity contribution >= 4 is 23.0 Å². The Kier molecular flexibility index (Phi) is 4.85. The molecule has 3 nitrogen and oxygen atoms in total. The highest BCUT2D eigenvalue weighted by molar-refractivity contribution is 6.48. The highest BCUT2D eigenvalue weighted by Gasteiger charge is 2.39. The van der Waals surface area contributed by atoms with E-state index in [1.165, 1.54) is 17.0 Å². The minimum absolute atomic E-state index is 0.0999. The molecule has 144 valence electrons. The molecule has 0 aliphatic carbocycles. The molecular formula is C25H20FNO2. The zero-order valence-corrected chi connectivity index (χ0v) is 16.3. The third kappa shape index (κ3) is 3.61. The summed E-state index contributed by atoms with van der Waals surface area (Å²) in [6, 6.07) is 21.0. The topological polar surface area (TPSA) is 37.4 Å². The summed E-state index contributed by atoms with van der Waals surface area (Å²) in [5.41, 5.74) is 5.08. The van der Waals surface area contributed by atoms with E-state index in [4.69, 9.17) is 0 Å². The lowest BCUT2D eigenvalue weighted by Crippen LogP contribution is -2.31. The number of hydrogen-bond donors (Lipinski definition) is 0. The smallest absolute Gasteiger partial charge is 0.262 e. The number of halogens is 1. The van der Waals surface area contributed by atoms with Crippen LogP contribution in [0, 0.1) is 19.7 Å². The molecule has 3 aromatic carbocycles. The van der Waals surface area contributed by atoms with Crippen LogP contribution in [0.4, 0.5) is 4.39 Å². The maximum absolute atomic E-state index is 13.3. The molecule has 4 heteroatoms. The van der Waals surface area contributed by atoms with Crippen molar-refractivity contribution in [2.75, 3.05) is 0 Å². The first-order chi connectivity index (χ1) is 13.9. The molecule has 0 fully saturated rings. The molecule has 0 N–H and O–H groups in total. The fourth-order valence-corrected chi connectivity index (χ4v) is 3.47. The first-order valence-electron chi connectivity index (χ1n) is 9.43. The lowest BCUT2D eigenvalue weighted by Gasteiger charge is -2.15. The van der Waals surface area contributed by atoms with Gasteiger partial charge >= 0.3 is 0 Å². The van der Waals surface area contributed by atoms with Crippen molar-refractivity contribution in [2.24, 2.45) is 0 Å². The van der Waals surface area contributed by atoms with E-state index in [0.717, 1.165) is 11.1 Å². The van der Waals surface area contributed by atoms with Gasteiger partial charge in [0.05, 0.1) is 17.7 Å². The van der Waals surface area contributed by atoms with Crippen LogP contribution >= 0.6 is 0 Å². The largest absolute Gasteiger partial charge is 0.270 e. The summed E-state index contributed by atoms with van der Waals surface area (Å²) in [5.74, 6) is -1.02. The van der Waals surface area contributed by atoms with E-state index in [2.05, 4.69) is 0 Å². The zero-order chi connectivity index (χ0) is 20.5. The minimum Gasteiger partial charge on any atom is -0.270 e. The van der Waals surface area contributed by atoms with Crippen molar-refractivity contribution in [3.05, 3.63) is 106 Å². The van der Waals surface area contributed by atoms with Gasteiger partial charge in [-0.15, -0.1) is 0 Å². The van der Waals surface area contributed by atoms with Gasteiger partial charge in [0, 0.05) is 0 Å². The van der Waals surface area contributed by atoms with Gasteiger partial charge in [0.1, 0.15) is 5.82 Å². The van der Waals surface area contributed by atoms with Gasteiger partial charge in [-0.25, -0.2) is 4.39 Å². The molecular weight excluding hydrogens is 365 g/mol. The average Bonchev–Trinajstić information content (AvgIpc) is 2.96. The van der Waals surface area contributed by atoms with E-state index in [9.17, 15) is 14.0 Å². The second-order valence-electron chi connectivity index (χ2n) is 7.30. The second-order valence-corrected chi connectivity index (χ2v) is 7.30. The fraction of sp³-hybridized carbons (Fsp3) is 0.120. The molecule has 0 aromatic heterocycles. The van der Waals surface area contributed by atoms with Gasteiger partial charge < -0.3 is 0 Å². The quantitative estimate of drug-likeness (QED) is 0.598. The summed E-state index contributed by atoms with van der Waals surface area (Å²) in [5, 5.41) is 0. The first-order valence-corrected chi connectivity index (χ1v) is 9.43. The molecule has 0 bridgehead atoms. The number of hydrogen-bond acceptors (Lipinski definition) is 2. The molecule has 0 unspecified atom stereocenters. The lowest BCUT2D eigenvalue weighted by atomic mass is 9.95. The molecule has 29 heavy (non-hydrogen) atoms. The first kappa shape index (κ1) is 18.8. The summed E-state index contributed by atoms with van der Waals surface area (Å²) in [7, 11) is 0. The standard InChI is InChI=1S/C25H20FNO2/c1-16-3-9-19(10-4-16)22-23(20-11-5-17(2)6-12-20)25(29)27(24(22)28)15-18-7-13-21(26)14-8-18/h3-14H,15H2,1-2H3. The van der Waals surface area contributed by atoms with E-state index in [-0.39, 0.29) is 24.2 Å². The van der Waals surface area contributed by atoms with Crippen molar-refractivity contribution in [2.45, 2.75) is 20.4 Å². The maximum Gasteiger partial charge on any atom is 0.262 e. The van der Waals surface area contributed by atoms with Crippen molar-refractivity contribution < 1.29 is 14.0 Å². The Morgan fingerprint density at radius 2 is 1.07 bits per heavy atom. The Bertz CT molecular complexity index is 1040. The number of carbonyl (C=O) groups excluding carboxylic acids is 2. The summed E-state index contributed by atoms with van der Waals surface area (Å²) in [4.78, 5) is 27.8. The van der Waals surface area contributed by atoms with E-state index in [1.807, 2.05) is 62.4 Å². The molecule has 1 aliphatic heterocycles. The number of aryl methyl sites for hydroxylation is 2.